The van der Waals surface area contributed by atoms with Gasteiger partial charge < -0.3 is 14.5 Å². The van der Waals surface area contributed by atoms with E-state index in [2.05, 4.69) is 48.1 Å². The van der Waals surface area contributed by atoms with Crippen LogP contribution in [0.1, 0.15) is 19.4 Å². The van der Waals surface area contributed by atoms with E-state index in [0.717, 1.165) is 34.5 Å². The van der Waals surface area contributed by atoms with Crippen molar-refractivity contribution in [3.63, 3.8) is 0 Å². The zero-order valence-corrected chi connectivity index (χ0v) is 19.5. The van der Waals surface area contributed by atoms with Gasteiger partial charge in [0.1, 0.15) is 17.1 Å². The Morgan fingerprint density at radius 2 is 1.77 bits per heavy atom. The summed E-state index contributed by atoms with van der Waals surface area (Å²) in [4.78, 5) is 7.93. The largest absolute Gasteiger partial charge is 0.496 e. The number of nitrogens with zero attached hydrogens (tertiary/aromatic N) is 2. The number of ether oxygens (including phenoxy) is 2. The predicted octanol–water partition coefficient (Wildman–Crippen LogP) is 6.59. The summed E-state index contributed by atoms with van der Waals surface area (Å²) in [6, 6.07) is 12.2. The first-order chi connectivity index (χ1) is 14.9. The standard InChI is InChI=1S/C24H24ClN3O2S/c1-14(2)9-15-5-7-16(8-6-15)20-13-28-23(27-20)18(12-26-24(28)31)17-10-22(30-4)19(25)11-21(17)29-3/h5-8,10-14,27H,9H2,1-4H3. The highest BCUT2D eigenvalue weighted by Gasteiger charge is 2.17. The highest BCUT2D eigenvalue weighted by Crippen LogP contribution is 2.40. The highest BCUT2D eigenvalue weighted by atomic mass is 35.5. The lowest BCUT2D eigenvalue weighted by atomic mass is 10.0. The number of fused-ring (bicyclic) bond motifs is 1. The molecule has 0 radical (unpaired) electrons. The Balaban J connectivity index is 1.86. The first kappa shape index (κ1) is 21.4. The second-order valence-corrected chi connectivity index (χ2v) is 8.60. The zero-order valence-electron chi connectivity index (χ0n) is 17.9. The van der Waals surface area contributed by atoms with Crippen LogP contribution >= 0.6 is 23.8 Å². The Morgan fingerprint density at radius 1 is 1.06 bits per heavy atom. The topological polar surface area (TPSA) is 51.5 Å². The van der Waals surface area contributed by atoms with Gasteiger partial charge in [-0.1, -0.05) is 49.7 Å². The number of hydrogen-bond donors (Lipinski definition) is 1. The van der Waals surface area contributed by atoms with E-state index in [4.69, 9.17) is 33.3 Å². The van der Waals surface area contributed by atoms with Crippen molar-refractivity contribution in [2.45, 2.75) is 20.3 Å². The summed E-state index contributed by atoms with van der Waals surface area (Å²) >= 11 is 11.8. The molecule has 1 N–H and O–H groups in total. The number of H-pyrrole nitrogens is 1. The normalized spacial score (nSPS) is 11.3. The van der Waals surface area contributed by atoms with Crippen LogP contribution in [0.25, 0.3) is 28.0 Å². The fraction of sp³-hybridized carbons (Fsp3) is 0.250. The summed E-state index contributed by atoms with van der Waals surface area (Å²) in [5, 5.41) is 0.480. The van der Waals surface area contributed by atoms with Gasteiger partial charge in [0.05, 0.1) is 24.9 Å². The average Bonchev–Trinajstić information content (AvgIpc) is 3.20. The Kier molecular flexibility index (Phi) is 6.03. The molecule has 2 aromatic heterocycles. The van der Waals surface area contributed by atoms with Gasteiger partial charge in [-0.05, 0) is 41.7 Å². The molecule has 4 rings (SSSR count). The number of methoxy groups -OCH3 is 2. The fourth-order valence-electron chi connectivity index (χ4n) is 3.71. The molecule has 0 bridgehead atoms. The van der Waals surface area contributed by atoms with Crippen LogP contribution in [0.5, 0.6) is 11.5 Å². The van der Waals surface area contributed by atoms with E-state index in [1.807, 2.05) is 16.7 Å². The van der Waals surface area contributed by atoms with Gasteiger partial charge in [0.15, 0.2) is 0 Å². The third-order valence-electron chi connectivity index (χ3n) is 5.19. The molecule has 160 valence electrons. The van der Waals surface area contributed by atoms with E-state index in [-0.39, 0.29) is 0 Å². The summed E-state index contributed by atoms with van der Waals surface area (Å²) in [6.45, 7) is 4.45. The minimum absolute atomic E-state index is 0.470. The van der Waals surface area contributed by atoms with Crippen molar-refractivity contribution >= 4 is 29.5 Å². The third-order valence-corrected chi connectivity index (χ3v) is 5.79. The van der Waals surface area contributed by atoms with Gasteiger partial charge in [-0.3, -0.25) is 4.40 Å². The number of rotatable bonds is 6. The van der Waals surface area contributed by atoms with Crippen molar-refractivity contribution in [3.8, 4) is 33.9 Å². The molecule has 5 nitrogen and oxygen atoms in total. The SMILES string of the molecule is COc1cc(-c2cnc(=S)n3cc(-c4ccc(CC(C)C)cc4)[nH]c23)c(OC)cc1Cl. The number of benzene rings is 2. The lowest BCUT2D eigenvalue weighted by Crippen LogP contribution is -1.96. The molecule has 0 saturated carbocycles. The maximum Gasteiger partial charge on any atom is 0.205 e. The Morgan fingerprint density at radius 3 is 2.42 bits per heavy atom. The molecule has 4 aromatic rings. The maximum atomic E-state index is 6.29. The summed E-state index contributed by atoms with van der Waals surface area (Å²) in [7, 11) is 3.20. The van der Waals surface area contributed by atoms with Crippen LogP contribution in [-0.2, 0) is 6.42 Å². The minimum Gasteiger partial charge on any atom is -0.496 e. The van der Waals surface area contributed by atoms with E-state index in [1.54, 1.807) is 26.5 Å². The molecule has 31 heavy (non-hydrogen) atoms. The highest BCUT2D eigenvalue weighted by molar-refractivity contribution is 7.71. The predicted molar refractivity (Wildman–Crippen MR) is 128 cm³/mol. The molecule has 2 heterocycles. The molecular formula is C24H24ClN3O2S. The van der Waals surface area contributed by atoms with E-state index < -0.39 is 0 Å². The van der Waals surface area contributed by atoms with E-state index >= 15 is 0 Å². The van der Waals surface area contributed by atoms with Crippen molar-refractivity contribution in [2.24, 2.45) is 5.92 Å². The van der Waals surface area contributed by atoms with Crippen LogP contribution < -0.4 is 9.47 Å². The van der Waals surface area contributed by atoms with Crippen LogP contribution in [0.4, 0.5) is 0 Å². The quantitative estimate of drug-likeness (QED) is 0.334. The van der Waals surface area contributed by atoms with Crippen LogP contribution in [0.2, 0.25) is 5.02 Å². The lowest BCUT2D eigenvalue weighted by Gasteiger charge is -2.13. The number of imidazole rings is 1. The summed E-state index contributed by atoms with van der Waals surface area (Å²) in [5.41, 5.74) is 5.83. The number of aromatic nitrogens is 3. The van der Waals surface area contributed by atoms with Gasteiger partial charge >= 0.3 is 0 Å². The Labute approximate surface area is 191 Å². The van der Waals surface area contributed by atoms with Gasteiger partial charge in [0, 0.05) is 29.6 Å². The minimum atomic E-state index is 0.470. The first-order valence-electron chi connectivity index (χ1n) is 10.0. The molecule has 0 spiro atoms. The Bertz CT molecular complexity index is 1290. The summed E-state index contributed by atoms with van der Waals surface area (Å²) in [6.07, 6.45) is 4.78. The molecule has 7 heteroatoms. The zero-order chi connectivity index (χ0) is 22.1. The van der Waals surface area contributed by atoms with Crippen molar-refractivity contribution in [3.05, 3.63) is 64.1 Å². The number of nitrogens with one attached hydrogen (secondary N) is 1. The maximum absolute atomic E-state index is 6.29. The fourth-order valence-corrected chi connectivity index (χ4v) is 4.14. The second-order valence-electron chi connectivity index (χ2n) is 7.82. The van der Waals surface area contributed by atoms with Gasteiger partial charge in [-0.25, -0.2) is 4.98 Å². The first-order valence-corrected chi connectivity index (χ1v) is 10.8. The van der Waals surface area contributed by atoms with Crippen molar-refractivity contribution in [2.75, 3.05) is 14.2 Å². The van der Waals surface area contributed by atoms with E-state index in [1.165, 1.54) is 5.56 Å². The van der Waals surface area contributed by atoms with Crippen LogP contribution in [0, 0.1) is 10.7 Å². The monoisotopic (exact) mass is 453 g/mol. The van der Waals surface area contributed by atoms with Gasteiger partial charge in [-0.2, -0.15) is 0 Å². The van der Waals surface area contributed by atoms with Crippen LogP contribution in [-0.4, -0.2) is 28.6 Å². The number of aromatic amines is 1. The van der Waals surface area contributed by atoms with Crippen molar-refractivity contribution in [1.82, 2.24) is 14.4 Å². The smallest absolute Gasteiger partial charge is 0.205 e. The van der Waals surface area contributed by atoms with Gasteiger partial charge in [-0.15, -0.1) is 0 Å². The Hall–Kier alpha value is -2.83. The average molecular weight is 454 g/mol. The molecule has 0 amide bonds. The molecule has 0 unspecified atom stereocenters. The molecule has 0 aliphatic rings. The second kappa shape index (κ2) is 8.73. The van der Waals surface area contributed by atoms with E-state index in [0.29, 0.717) is 27.2 Å². The molecule has 0 aliphatic heterocycles. The van der Waals surface area contributed by atoms with E-state index in [9.17, 15) is 0 Å². The van der Waals surface area contributed by atoms with Crippen LogP contribution in [0.15, 0.2) is 48.8 Å². The number of halogens is 1. The molecular weight excluding hydrogens is 430 g/mol. The molecule has 0 aliphatic carbocycles. The summed E-state index contributed by atoms with van der Waals surface area (Å²) in [5.74, 6) is 1.81. The molecule has 2 aromatic carbocycles. The molecule has 0 fully saturated rings. The summed E-state index contributed by atoms with van der Waals surface area (Å²) < 4.78 is 13.3. The van der Waals surface area contributed by atoms with Gasteiger partial charge in [0.2, 0.25) is 4.77 Å². The molecule has 0 saturated heterocycles. The van der Waals surface area contributed by atoms with Crippen molar-refractivity contribution in [1.29, 1.82) is 0 Å². The van der Waals surface area contributed by atoms with Gasteiger partial charge in [0.25, 0.3) is 0 Å². The van der Waals surface area contributed by atoms with Crippen molar-refractivity contribution < 1.29 is 9.47 Å². The number of hydrogen-bond acceptors (Lipinski definition) is 4. The third kappa shape index (κ3) is 4.18. The lowest BCUT2D eigenvalue weighted by molar-refractivity contribution is 0.404. The molecule has 0 atom stereocenters. The van der Waals surface area contributed by atoms with Crippen LogP contribution in [0.3, 0.4) is 0 Å².